The molecule has 3 nitrogen and oxygen atoms in total. The Morgan fingerprint density at radius 2 is 1.88 bits per heavy atom. The Bertz CT molecular complexity index is 224. The van der Waals surface area contributed by atoms with Gasteiger partial charge < -0.3 is 10.6 Å². The third kappa shape index (κ3) is 5.53. The number of hydrogen-bond donors (Lipinski definition) is 2. The predicted octanol–water partition coefficient (Wildman–Crippen LogP) is 2.32. The van der Waals surface area contributed by atoms with Crippen molar-refractivity contribution in [3.63, 3.8) is 0 Å². The van der Waals surface area contributed by atoms with E-state index in [4.69, 9.17) is 0 Å². The van der Waals surface area contributed by atoms with Crippen LogP contribution in [0.25, 0.3) is 0 Å². The van der Waals surface area contributed by atoms with Crippen LogP contribution >= 0.6 is 0 Å². The van der Waals surface area contributed by atoms with Crippen LogP contribution in [-0.2, 0) is 4.79 Å². The minimum Gasteiger partial charge on any atom is -0.355 e. The van der Waals surface area contributed by atoms with Gasteiger partial charge in [-0.25, -0.2) is 0 Å². The van der Waals surface area contributed by atoms with Gasteiger partial charge in [-0.1, -0.05) is 39.0 Å². The maximum absolute atomic E-state index is 11.8. The molecular formula is C14H28N2O. The monoisotopic (exact) mass is 240 g/mol. The molecule has 17 heavy (non-hydrogen) atoms. The molecule has 1 fully saturated rings. The molecule has 0 radical (unpaired) electrons. The van der Waals surface area contributed by atoms with E-state index in [0.29, 0.717) is 18.4 Å². The number of nitrogens with one attached hydrogen (secondary N) is 2. The highest BCUT2D eigenvalue weighted by molar-refractivity contribution is 5.76. The summed E-state index contributed by atoms with van der Waals surface area (Å²) in [4.78, 5) is 11.8. The van der Waals surface area contributed by atoms with Crippen molar-refractivity contribution >= 4 is 5.91 Å². The first kappa shape index (κ1) is 14.5. The number of rotatable bonds is 6. The van der Waals surface area contributed by atoms with Crippen LogP contribution in [0.1, 0.15) is 52.4 Å². The van der Waals surface area contributed by atoms with E-state index in [9.17, 15) is 4.79 Å². The fourth-order valence-electron chi connectivity index (χ4n) is 2.60. The molecule has 0 aromatic heterocycles. The molecule has 1 saturated carbocycles. The molecule has 2 atom stereocenters. The lowest BCUT2D eigenvalue weighted by molar-refractivity contribution is -0.122. The molecular weight excluding hydrogens is 212 g/mol. The molecule has 100 valence electrons. The molecule has 2 unspecified atom stereocenters. The molecule has 3 heteroatoms. The summed E-state index contributed by atoms with van der Waals surface area (Å²) in [7, 11) is 1.92. The SMILES string of the molecule is CNC(C)CNC(=O)CC(C)C1CCCCC1. The molecule has 0 saturated heterocycles. The van der Waals surface area contributed by atoms with Crippen molar-refractivity contribution in [3.05, 3.63) is 0 Å². The first-order chi connectivity index (χ1) is 8.13. The summed E-state index contributed by atoms with van der Waals surface area (Å²) in [5, 5.41) is 6.12. The minimum atomic E-state index is 0.213. The summed E-state index contributed by atoms with van der Waals surface area (Å²) in [6, 6.07) is 0.351. The Hall–Kier alpha value is -0.570. The maximum atomic E-state index is 11.8. The van der Waals surface area contributed by atoms with Gasteiger partial charge in [0.1, 0.15) is 0 Å². The van der Waals surface area contributed by atoms with Gasteiger partial charge in [-0.2, -0.15) is 0 Å². The first-order valence-electron chi connectivity index (χ1n) is 7.07. The molecule has 0 aromatic carbocycles. The van der Waals surface area contributed by atoms with Crippen LogP contribution in [0.4, 0.5) is 0 Å². The van der Waals surface area contributed by atoms with Crippen LogP contribution in [0.15, 0.2) is 0 Å². The van der Waals surface area contributed by atoms with Crippen LogP contribution in [0.2, 0.25) is 0 Å². The number of carbonyl (C=O) groups is 1. The highest BCUT2D eigenvalue weighted by Crippen LogP contribution is 2.31. The number of likely N-dealkylation sites (N-methyl/N-ethyl adjacent to an activating group) is 1. The average molecular weight is 240 g/mol. The van der Waals surface area contributed by atoms with E-state index in [1.54, 1.807) is 0 Å². The summed E-state index contributed by atoms with van der Waals surface area (Å²) in [6.45, 7) is 5.04. The number of amides is 1. The minimum absolute atomic E-state index is 0.213. The van der Waals surface area contributed by atoms with Gasteiger partial charge >= 0.3 is 0 Å². The van der Waals surface area contributed by atoms with E-state index in [1.807, 2.05) is 7.05 Å². The van der Waals surface area contributed by atoms with Gasteiger partial charge in [0, 0.05) is 19.0 Å². The Labute approximate surface area is 106 Å². The lowest BCUT2D eigenvalue weighted by Crippen LogP contribution is -2.38. The Morgan fingerprint density at radius 3 is 2.47 bits per heavy atom. The molecule has 0 aromatic rings. The zero-order valence-corrected chi connectivity index (χ0v) is 11.6. The van der Waals surface area contributed by atoms with Crippen molar-refractivity contribution in [2.45, 2.75) is 58.4 Å². The zero-order valence-electron chi connectivity index (χ0n) is 11.6. The Balaban J connectivity index is 2.20. The predicted molar refractivity (Wildman–Crippen MR) is 71.9 cm³/mol. The highest BCUT2D eigenvalue weighted by atomic mass is 16.1. The van der Waals surface area contributed by atoms with E-state index < -0.39 is 0 Å². The fourth-order valence-corrected chi connectivity index (χ4v) is 2.60. The average Bonchev–Trinajstić information content (AvgIpc) is 2.36. The fraction of sp³-hybridized carbons (Fsp3) is 0.929. The van der Waals surface area contributed by atoms with Crippen LogP contribution in [0.3, 0.4) is 0 Å². The van der Waals surface area contributed by atoms with Crippen LogP contribution in [-0.4, -0.2) is 25.5 Å². The molecule has 0 aliphatic heterocycles. The molecule has 2 N–H and O–H groups in total. The first-order valence-corrected chi connectivity index (χ1v) is 7.07. The van der Waals surface area contributed by atoms with Crippen molar-refractivity contribution in [1.29, 1.82) is 0 Å². The van der Waals surface area contributed by atoms with Gasteiger partial charge in [-0.05, 0) is 25.8 Å². The second-order valence-corrected chi connectivity index (χ2v) is 5.57. The van der Waals surface area contributed by atoms with Crippen LogP contribution in [0, 0.1) is 11.8 Å². The molecule has 1 aliphatic rings. The largest absolute Gasteiger partial charge is 0.355 e. The van der Waals surface area contributed by atoms with Crippen molar-refractivity contribution in [1.82, 2.24) is 10.6 Å². The van der Waals surface area contributed by atoms with Gasteiger partial charge in [0.25, 0.3) is 0 Å². The van der Waals surface area contributed by atoms with E-state index in [1.165, 1.54) is 32.1 Å². The molecule has 0 heterocycles. The lowest BCUT2D eigenvalue weighted by atomic mass is 9.79. The normalized spacial score (nSPS) is 20.9. The maximum Gasteiger partial charge on any atom is 0.220 e. The molecule has 1 amide bonds. The van der Waals surface area contributed by atoms with Crippen molar-refractivity contribution in [2.75, 3.05) is 13.6 Å². The lowest BCUT2D eigenvalue weighted by Gasteiger charge is -2.27. The molecule has 0 spiro atoms. The zero-order chi connectivity index (χ0) is 12.7. The third-order valence-electron chi connectivity index (χ3n) is 4.06. The smallest absolute Gasteiger partial charge is 0.220 e. The van der Waals surface area contributed by atoms with E-state index in [0.717, 1.165) is 12.5 Å². The van der Waals surface area contributed by atoms with Gasteiger partial charge in [0.2, 0.25) is 5.91 Å². The topological polar surface area (TPSA) is 41.1 Å². The quantitative estimate of drug-likeness (QED) is 0.748. The highest BCUT2D eigenvalue weighted by Gasteiger charge is 2.21. The summed E-state index contributed by atoms with van der Waals surface area (Å²) in [5.74, 6) is 1.53. The van der Waals surface area contributed by atoms with Crippen molar-refractivity contribution in [3.8, 4) is 0 Å². The summed E-state index contributed by atoms with van der Waals surface area (Å²) in [5.41, 5.74) is 0. The Kier molecular flexibility index (Phi) is 6.56. The molecule has 1 rings (SSSR count). The van der Waals surface area contributed by atoms with Crippen LogP contribution in [0.5, 0.6) is 0 Å². The van der Waals surface area contributed by atoms with Gasteiger partial charge in [0.05, 0.1) is 0 Å². The molecule has 0 bridgehead atoms. The van der Waals surface area contributed by atoms with Crippen molar-refractivity contribution in [2.24, 2.45) is 11.8 Å². The number of hydrogen-bond acceptors (Lipinski definition) is 2. The van der Waals surface area contributed by atoms with E-state index >= 15 is 0 Å². The van der Waals surface area contributed by atoms with Gasteiger partial charge in [0.15, 0.2) is 0 Å². The van der Waals surface area contributed by atoms with Gasteiger partial charge in [-0.15, -0.1) is 0 Å². The molecule has 1 aliphatic carbocycles. The van der Waals surface area contributed by atoms with E-state index in [2.05, 4.69) is 24.5 Å². The number of carbonyl (C=O) groups excluding carboxylic acids is 1. The van der Waals surface area contributed by atoms with Gasteiger partial charge in [-0.3, -0.25) is 4.79 Å². The Morgan fingerprint density at radius 1 is 1.24 bits per heavy atom. The summed E-state index contributed by atoms with van der Waals surface area (Å²) >= 11 is 0. The summed E-state index contributed by atoms with van der Waals surface area (Å²) in [6.07, 6.45) is 7.43. The standard InChI is InChI=1S/C14H28N2O/c1-11(13-7-5-4-6-8-13)9-14(17)16-10-12(2)15-3/h11-13,15H,4-10H2,1-3H3,(H,16,17). The summed E-state index contributed by atoms with van der Waals surface area (Å²) < 4.78 is 0. The van der Waals surface area contributed by atoms with Crippen LogP contribution < -0.4 is 10.6 Å². The van der Waals surface area contributed by atoms with Crippen molar-refractivity contribution < 1.29 is 4.79 Å². The second kappa shape index (κ2) is 7.70. The second-order valence-electron chi connectivity index (χ2n) is 5.57. The van der Waals surface area contributed by atoms with E-state index in [-0.39, 0.29) is 5.91 Å². The third-order valence-corrected chi connectivity index (χ3v) is 4.06.